The summed E-state index contributed by atoms with van der Waals surface area (Å²) in [4.78, 5) is 4.64. The van der Waals surface area contributed by atoms with Crippen LogP contribution in [0.3, 0.4) is 0 Å². The zero-order chi connectivity index (χ0) is 13.3. The van der Waals surface area contributed by atoms with E-state index in [1.165, 1.54) is 36.5 Å². The van der Waals surface area contributed by atoms with Crippen molar-refractivity contribution in [3.8, 4) is 0 Å². The predicted octanol–water partition coefficient (Wildman–Crippen LogP) is 5.30. The minimum atomic E-state index is 0. The molecule has 1 nitrogen and oxygen atoms in total. The fourth-order valence-electron chi connectivity index (χ4n) is 3.19. The predicted molar refractivity (Wildman–Crippen MR) is 86.9 cm³/mol. The van der Waals surface area contributed by atoms with Crippen molar-refractivity contribution in [3.05, 3.63) is 54.2 Å². The number of thiophene rings is 1. The molecule has 0 spiro atoms. The van der Waals surface area contributed by atoms with Gasteiger partial charge in [0.05, 0.1) is 0 Å². The molecule has 0 saturated carbocycles. The zero-order valence-corrected chi connectivity index (χ0v) is 14.4. The second-order valence-electron chi connectivity index (χ2n) is 5.28. The Bertz CT molecular complexity index is 1110. The Kier molecular flexibility index (Phi) is 2.80. The smallest absolute Gasteiger partial charge is 0.0345 e. The van der Waals surface area contributed by atoms with E-state index in [-0.39, 0.29) is 20.1 Å². The first kappa shape index (κ1) is 13.1. The molecule has 5 rings (SSSR count). The Balaban J connectivity index is 0.00000115. The van der Waals surface area contributed by atoms with Crippen LogP contribution in [-0.4, -0.2) is 4.98 Å². The van der Waals surface area contributed by atoms with Gasteiger partial charge in [-0.05, 0) is 28.4 Å². The molecule has 0 bridgehead atoms. The van der Waals surface area contributed by atoms with Crippen LogP contribution < -0.4 is 0 Å². The third-order valence-corrected chi connectivity index (χ3v) is 5.14. The molecule has 2 heterocycles. The van der Waals surface area contributed by atoms with E-state index in [9.17, 15) is 0 Å². The van der Waals surface area contributed by atoms with Crippen molar-refractivity contribution in [2.45, 2.75) is 6.92 Å². The number of hydrogen-bond acceptors (Lipinski definition) is 2. The summed E-state index contributed by atoms with van der Waals surface area (Å²) in [6, 6.07) is 16.4. The van der Waals surface area contributed by atoms with Crippen molar-refractivity contribution < 1.29 is 20.1 Å². The summed E-state index contributed by atoms with van der Waals surface area (Å²) in [6.07, 6.45) is 1.91. The molecule has 3 aromatic carbocycles. The second-order valence-corrected chi connectivity index (χ2v) is 6.36. The van der Waals surface area contributed by atoms with Gasteiger partial charge in [0.2, 0.25) is 0 Å². The van der Waals surface area contributed by atoms with E-state index in [4.69, 9.17) is 0 Å². The van der Waals surface area contributed by atoms with Gasteiger partial charge in [-0.25, -0.2) is 0 Å². The van der Waals surface area contributed by atoms with Gasteiger partial charge >= 0.3 is 0 Å². The summed E-state index contributed by atoms with van der Waals surface area (Å²) >= 11 is 1.85. The average Bonchev–Trinajstić information content (AvgIpc) is 2.85. The minimum Gasteiger partial charge on any atom is -0.304 e. The molecule has 0 fully saturated rings. The van der Waals surface area contributed by atoms with Crippen molar-refractivity contribution in [2.75, 3.05) is 0 Å². The van der Waals surface area contributed by atoms with Crippen LogP contribution in [0.15, 0.2) is 42.6 Å². The summed E-state index contributed by atoms with van der Waals surface area (Å²) < 4.78 is 2.66. The van der Waals surface area contributed by atoms with Gasteiger partial charge in [0.1, 0.15) is 0 Å². The first-order chi connectivity index (χ1) is 9.83. The van der Waals surface area contributed by atoms with Gasteiger partial charge in [-0.2, -0.15) is 0 Å². The number of hydrogen-bond donors (Lipinski definition) is 0. The van der Waals surface area contributed by atoms with E-state index in [0.29, 0.717) is 0 Å². The summed E-state index contributed by atoms with van der Waals surface area (Å²) in [5.41, 5.74) is 2.33. The number of pyridine rings is 1. The summed E-state index contributed by atoms with van der Waals surface area (Å²) in [5, 5.41) is 6.39. The van der Waals surface area contributed by atoms with Crippen LogP contribution in [0.1, 0.15) is 5.56 Å². The zero-order valence-electron chi connectivity index (χ0n) is 11.2. The Morgan fingerprint density at radius 2 is 1.90 bits per heavy atom. The summed E-state index contributed by atoms with van der Waals surface area (Å²) in [5.74, 6) is 0. The van der Waals surface area contributed by atoms with E-state index in [1.807, 2.05) is 17.5 Å². The monoisotopic (exact) mass is 465 g/mol. The molecule has 21 heavy (non-hydrogen) atoms. The first-order valence-electron chi connectivity index (χ1n) is 6.66. The molecule has 0 N–H and O–H groups in total. The molecule has 0 aliphatic carbocycles. The Morgan fingerprint density at radius 3 is 2.81 bits per heavy atom. The fourth-order valence-corrected chi connectivity index (χ4v) is 4.32. The normalized spacial score (nSPS) is 11.7. The molecule has 3 heteroatoms. The Morgan fingerprint density at radius 1 is 1.05 bits per heavy atom. The number of rotatable bonds is 0. The summed E-state index contributed by atoms with van der Waals surface area (Å²) in [7, 11) is 0. The minimum absolute atomic E-state index is 0. The molecule has 1 radical (unpaired) electrons. The topological polar surface area (TPSA) is 12.9 Å². The molecule has 0 aliphatic rings. The van der Waals surface area contributed by atoms with E-state index >= 15 is 0 Å². The summed E-state index contributed by atoms with van der Waals surface area (Å²) in [6.45, 7) is 2.12. The molecule has 103 valence electrons. The Labute approximate surface area is 139 Å². The molecule has 0 saturated heterocycles. The molecule has 2 aromatic heterocycles. The number of nitrogens with zero attached hydrogens (tertiary/aromatic N) is 1. The molecular weight excluding hydrogens is 454 g/mol. The van der Waals surface area contributed by atoms with Crippen LogP contribution >= 0.6 is 11.3 Å². The van der Waals surface area contributed by atoms with E-state index < -0.39 is 0 Å². The van der Waals surface area contributed by atoms with Gasteiger partial charge < -0.3 is 4.98 Å². The maximum absolute atomic E-state index is 4.64. The van der Waals surface area contributed by atoms with Gasteiger partial charge in [-0.15, -0.1) is 40.5 Å². The third kappa shape index (κ3) is 1.63. The van der Waals surface area contributed by atoms with Gasteiger partial charge in [0.15, 0.2) is 0 Å². The molecule has 0 amide bonds. The van der Waals surface area contributed by atoms with Crippen molar-refractivity contribution in [2.24, 2.45) is 0 Å². The molecule has 0 aliphatic heterocycles. The number of aryl methyl sites for hydroxylation is 1. The third-order valence-electron chi connectivity index (χ3n) is 4.02. The van der Waals surface area contributed by atoms with Gasteiger partial charge in [-0.1, -0.05) is 29.8 Å². The average molecular weight is 465 g/mol. The van der Waals surface area contributed by atoms with Crippen LogP contribution in [0.25, 0.3) is 41.8 Å². The van der Waals surface area contributed by atoms with Crippen molar-refractivity contribution in [1.29, 1.82) is 0 Å². The standard InChI is InChI=1S/C18H10NS.Ir/c1-10-5-6-12-13(9-10)11-3-2-4-14-16(11)17-15(20-14)7-8-19-18(12)17;/h2-5,7-9H,1H3;/q-1;. The van der Waals surface area contributed by atoms with E-state index in [0.717, 1.165) is 10.9 Å². The van der Waals surface area contributed by atoms with Crippen molar-refractivity contribution in [1.82, 2.24) is 4.98 Å². The Hall–Kier alpha value is -1.54. The van der Waals surface area contributed by atoms with Crippen LogP contribution in [0.5, 0.6) is 0 Å². The molecule has 0 unspecified atom stereocenters. The van der Waals surface area contributed by atoms with Crippen LogP contribution in [0, 0.1) is 13.0 Å². The number of aromatic nitrogens is 1. The van der Waals surface area contributed by atoms with Gasteiger partial charge in [0.25, 0.3) is 0 Å². The van der Waals surface area contributed by atoms with Crippen molar-refractivity contribution in [3.63, 3.8) is 0 Å². The van der Waals surface area contributed by atoms with Crippen LogP contribution in [-0.2, 0) is 20.1 Å². The maximum atomic E-state index is 4.64. The maximum Gasteiger partial charge on any atom is 0.0345 e. The quantitative estimate of drug-likeness (QED) is 0.224. The van der Waals surface area contributed by atoms with E-state index in [2.05, 4.69) is 54.4 Å². The largest absolute Gasteiger partial charge is 0.304 e. The molecule has 0 atom stereocenters. The first-order valence-corrected chi connectivity index (χ1v) is 7.48. The number of benzene rings is 3. The van der Waals surface area contributed by atoms with E-state index in [1.54, 1.807) is 0 Å². The van der Waals surface area contributed by atoms with Gasteiger partial charge in [0, 0.05) is 35.7 Å². The van der Waals surface area contributed by atoms with Crippen LogP contribution in [0.2, 0.25) is 0 Å². The molecule has 5 aromatic rings. The fraction of sp³-hybridized carbons (Fsp3) is 0.0556. The number of fused-ring (bicyclic) bond motifs is 3. The van der Waals surface area contributed by atoms with Crippen LogP contribution in [0.4, 0.5) is 0 Å². The molecular formula is C18H10IrNS-. The SMILES string of the molecule is Cc1c[c-]c2c(c1)c1cccc3sc4ccnc2c4c31.[Ir]. The second kappa shape index (κ2) is 4.48. The van der Waals surface area contributed by atoms with Gasteiger partial charge in [-0.3, -0.25) is 0 Å². The van der Waals surface area contributed by atoms with Crippen molar-refractivity contribution >= 4 is 53.2 Å².